The fourth-order valence-electron chi connectivity index (χ4n) is 5.61. The summed E-state index contributed by atoms with van der Waals surface area (Å²) in [6.07, 6.45) is 2.13. The molecule has 2 aliphatic rings. The van der Waals surface area contributed by atoms with Crippen LogP contribution in [0.5, 0.6) is 5.75 Å². The maximum atomic E-state index is 14.4. The van der Waals surface area contributed by atoms with Crippen molar-refractivity contribution in [2.24, 2.45) is 0 Å². The van der Waals surface area contributed by atoms with E-state index in [1.165, 1.54) is 0 Å². The molecule has 0 saturated heterocycles. The maximum absolute atomic E-state index is 14.4. The minimum atomic E-state index is -0.320. The molecule has 0 aliphatic carbocycles. The lowest BCUT2D eigenvalue weighted by Gasteiger charge is -2.38. The highest BCUT2D eigenvalue weighted by atomic mass is 32.2. The summed E-state index contributed by atoms with van der Waals surface area (Å²) < 4.78 is 7.65. The molecule has 1 atom stereocenters. The fraction of sp³-hybridized carbons (Fsp3) is 0.0556. The number of ether oxygens (including phenoxy) is 1. The first-order chi connectivity index (χ1) is 22.1. The molecule has 7 nitrogen and oxygen atoms in total. The minimum absolute atomic E-state index is 0.143. The highest BCUT2D eigenvalue weighted by Crippen LogP contribution is 2.54. The van der Waals surface area contributed by atoms with E-state index in [0.717, 1.165) is 50.8 Å². The summed E-state index contributed by atoms with van der Waals surface area (Å²) in [5.74, 6) is 0.417. The van der Waals surface area contributed by atoms with Gasteiger partial charge in [-0.25, -0.2) is 0 Å². The fourth-order valence-corrected chi connectivity index (χ4v) is 6.92. The van der Waals surface area contributed by atoms with E-state index in [1.54, 1.807) is 18.9 Å². The topological polar surface area (TPSA) is 70.6 Å². The minimum Gasteiger partial charge on any atom is -0.497 e. The van der Waals surface area contributed by atoms with Gasteiger partial charge in [0.25, 0.3) is 5.91 Å². The monoisotopic (exact) mass is 627 g/mol. The second-order valence-corrected chi connectivity index (χ2v) is 11.8. The average molecular weight is 628 g/mol. The van der Waals surface area contributed by atoms with Crippen molar-refractivity contribution in [3.05, 3.63) is 150 Å². The van der Waals surface area contributed by atoms with E-state index in [-0.39, 0.29) is 16.5 Å². The number of thiocarbonyl (C=S) groups is 1. The van der Waals surface area contributed by atoms with Crippen molar-refractivity contribution in [1.29, 1.82) is 0 Å². The average Bonchev–Trinajstić information content (AvgIpc) is 3.73. The molecule has 3 heterocycles. The predicted octanol–water partition coefficient (Wildman–Crippen LogP) is 7.57. The van der Waals surface area contributed by atoms with Crippen LogP contribution in [0.25, 0.3) is 28.1 Å². The zero-order valence-electron chi connectivity index (χ0n) is 24.3. The first-order valence-corrected chi connectivity index (χ1v) is 15.7. The lowest BCUT2D eigenvalue weighted by Crippen LogP contribution is -2.45. The van der Waals surface area contributed by atoms with Crippen LogP contribution >= 0.6 is 24.0 Å². The number of carbonyl (C=O) groups excluding carboxylic acids is 1. The summed E-state index contributed by atoms with van der Waals surface area (Å²) >= 11 is 7.22. The molecule has 45 heavy (non-hydrogen) atoms. The van der Waals surface area contributed by atoms with Crippen LogP contribution in [0.15, 0.2) is 133 Å². The Morgan fingerprint density at radius 3 is 2.09 bits per heavy atom. The molecule has 1 amide bonds. The van der Waals surface area contributed by atoms with Gasteiger partial charge in [0, 0.05) is 17.4 Å². The molecule has 5 aromatic rings. The van der Waals surface area contributed by atoms with E-state index >= 15 is 0 Å². The van der Waals surface area contributed by atoms with Gasteiger partial charge in [0.1, 0.15) is 5.75 Å². The van der Waals surface area contributed by atoms with Gasteiger partial charge in [0.05, 0.1) is 29.8 Å². The molecule has 2 aliphatic heterocycles. The Labute approximate surface area is 271 Å². The number of para-hydroxylation sites is 1. The molecular formula is C36H29N5O2S2. The molecule has 3 N–H and O–H groups in total. The van der Waals surface area contributed by atoms with Gasteiger partial charge in [-0.1, -0.05) is 90.6 Å². The van der Waals surface area contributed by atoms with Crippen LogP contribution in [0.2, 0.25) is 0 Å². The first kappa shape index (κ1) is 28.5. The molecule has 4 aromatic carbocycles. The quantitative estimate of drug-likeness (QED) is 0.133. The molecular weight excluding hydrogens is 599 g/mol. The Hall–Kier alpha value is -5.25. The van der Waals surface area contributed by atoms with Crippen LogP contribution in [-0.4, -0.2) is 27.6 Å². The van der Waals surface area contributed by atoms with Gasteiger partial charge in [-0.3, -0.25) is 15.6 Å². The third kappa shape index (κ3) is 5.59. The van der Waals surface area contributed by atoms with Crippen molar-refractivity contribution in [1.82, 2.24) is 20.3 Å². The zero-order valence-corrected chi connectivity index (χ0v) is 25.9. The summed E-state index contributed by atoms with van der Waals surface area (Å²) in [7, 11) is 1.65. The number of aromatic nitrogens is 1. The van der Waals surface area contributed by atoms with Gasteiger partial charge in [0.15, 0.2) is 10.6 Å². The van der Waals surface area contributed by atoms with Gasteiger partial charge in [-0.15, -0.1) is 0 Å². The number of hydrogen-bond acceptors (Lipinski definition) is 5. The van der Waals surface area contributed by atoms with Gasteiger partial charge >= 0.3 is 0 Å². The second kappa shape index (κ2) is 12.4. The molecule has 0 fully saturated rings. The van der Waals surface area contributed by atoms with Crippen molar-refractivity contribution in [3.63, 3.8) is 0 Å². The van der Waals surface area contributed by atoms with E-state index in [9.17, 15) is 4.79 Å². The van der Waals surface area contributed by atoms with Crippen LogP contribution in [0, 0.1) is 0 Å². The first-order valence-electron chi connectivity index (χ1n) is 14.4. The summed E-state index contributed by atoms with van der Waals surface area (Å²) in [6, 6.07) is 40.0. The molecule has 0 radical (unpaired) electrons. The van der Waals surface area contributed by atoms with Crippen LogP contribution in [0.1, 0.15) is 22.3 Å². The number of nitrogens with zero attached hydrogens (tertiary/aromatic N) is 2. The predicted molar refractivity (Wildman–Crippen MR) is 187 cm³/mol. The normalized spacial score (nSPS) is 15.1. The summed E-state index contributed by atoms with van der Waals surface area (Å²) in [5, 5.41) is 5.56. The smallest absolute Gasteiger partial charge is 0.273 e. The van der Waals surface area contributed by atoms with E-state index in [2.05, 4.69) is 67.6 Å². The largest absolute Gasteiger partial charge is 0.497 e. The van der Waals surface area contributed by atoms with Crippen molar-refractivity contribution < 1.29 is 9.53 Å². The third-order valence-corrected chi connectivity index (χ3v) is 8.94. The van der Waals surface area contributed by atoms with E-state index < -0.39 is 0 Å². The number of hydrazine groups is 1. The summed E-state index contributed by atoms with van der Waals surface area (Å²) in [5.41, 5.74) is 13.6. The van der Waals surface area contributed by atoms with E-state index in [0.29, 0.717) is 5.57 Å². The highest BCUT2D eigenvalue weighted by molar-refractivity contribution is 8.02. The Balaban J connectivity index is 1.36. The number of hydrogen-bond donors (Lipinski definition) is 3. The van der Waals surface area contributed by atoms with Crippen molar-refractivity contribution in [2.75, 3.05) is 12.4 Å². The lowest BCUT2D eigenvalue weighted by atomic mass is 9.98. The van der Waals surface area contributed by atoms with E-state index in [4.69, 9.17) is 17.0 Å². The lowest BCUT2D eigenvalue weighted by molar-refractivity contribution is -0.116. The number of rotatable bonds is 6. The van der Waals surface area contributed by atoms with Crippen LogP contribution in [0.3, 0.4) is 0 Å². The van der Waals surface area contributed by atoms with Gasteiger partial charge in [-0.2, -0.15) is 0 Å². The highest BCUT2D eigenvalue weighted by Gasteiger charge is 2.41. The molecule has 0 bridgehead atoms. The number of anilines is 1. The number of carbonyl (C=O) groups is 1. The molecule has 0 saturated carbocycles. The van der Waals surface area contributed by atoms with Crippen molar-refractivity contribution in [3.8, 4) is 16.9 Å². The second-order valence-electron chi connectivity index (χ2n) is 10.4. The van der Waals surface area contributed by atoms with Gasteiger partial charge < -0.3 is 19.5 Å². The SMILES string of the molecule is COc1ccc(C2=C(C(=O)NNC(=S)Nc3ccccc3)c3cc(-c4ccccc4)cn3C3SC=C(c4ccccc4)N23)cc1. The van der Waals surface area contributed by atoms with E-state index in [1.807, 2.05) is 91.0 Å². The van der Waals surface area contributed by atoms with Crippen LogP contribution in [0.4, 0.5) is 5.69 Å². The number of benzene rings is 4. The van der Waals surface area contributed by atoms with Crippen LogP contribution < -0.4 is 20.9 Å². The Kier molecular flexibility index (Phi) is 7.85. The summed E-state index contributed by atoms with van der Waals surface area (Å²) in [4.78, 5) is 16.6. The Bertz CT molecular complexity index is 1920. The molecule has 1 aromatic heterocycles. The van der Waals surface area contributed by atoms with Crippen molar-refractivity contribution >= 4 is 57.7 Å². The summed E-state index contributed by atoms with van der Waals surface area (Å²) in [6.45, 7) is 0. The molecule has 7 rings (SSSR count). The molecule has 1 unspecified atom stereocenters. The van der Waals surface area contributed by atoms with Gasteiger partial charge in [0.2, 0.25) is 0 Å². The Morgan fingerprint density at radius 1 is 0.778 bits per heavy atom. The number of thioether (sulfide) groups is 1. The number of methoxy groups -OCH3 is 1. The van der Waals surface area contributed by atoms with Crippen molar-refractivity contribution in [2.45, 2.75) is 5.50 Å². The number of nitrogens with one attached hydrogen (secondary N) is 3. The standard InChI is InChI=1S/C36H29N5O2S2/c1-43-29-19-17-26(18-20-29)33-32(34(42)38-39-35(44)37-28-15-9-4-10-16-28)30-21-27(24-11-5-2-6-12-24)22-40(30)36-41(33)31(23-45-36)25-13-7-3-8-14-25/h2-23,36H,1H3,(H,38,42)(H2,37,39,44). The maximum Gasteiger partial charge on any atom is 0.273 e. The van der Waals surface area contributed by atoms with Gasteiger partial charge in [-0.05, 0) is 76.8 Å². The number of fused-ring (bicyclic) bond motifs is 3. The van der Waals surface area contributed by atoms with Crippen LogP contribution in [-0.2, 0) is 4.79 Å². The Morgan fingerprint density at radius 2 is 1.42 bits per heavy atom. The zero-order chi connectivity index (χ0) is 30.8. The molecule has 9 heteroatoms. The third-order valence-electron chi connectivity index (χ3n) is 7.69. The number of amides is 1. The molecule has 222 valence electrons. The molecule has 0 spiro atoms.